The predicted octanol–water partition coefficient (Wildman–Crippen LogP) is 3.30. The van der Waals surface area contributed by atoms with Gasteiger partial charge in [0.05, 0.1) is 0 Å². The summed E-state index contributed by atoms with van der Waals surface area (Å²) >= 11 is 0. The van der Waals surface area contributed by atoms with Gasteiger partial charge >= 0.3 is 0 Å². The highest BCUT2D eigenvalue weighted by molar-refractivity contribution is 5.98. The molecule has 0 radical (unpaired) electrons. The van der Waals surface area contributed by atoms with Crippen molar-refractivity contribution in [2.45, 2.75) is 45.6 Å². The largest absolute Gasteiger partial charge is 0.481 e. The third-order valence-corrected chi connectivity index (χ3v) is 4.05. The molecule has 1 aliphatic carbocycles. The van der Waals surface area contributed by atoms with Crippen molar-refractivity contribution in [1.29, 1.82) is 0 Å². The summed E-state index contributed by atoms with van der Waals surface area (Å²) in [6, 6.07) is 7.05. The molecule has 1 N–H and O–H groups in total. The van der Waals surface area contributed by atoms with E-state index in [1.54, 1.807) is 25.1 Å². The van der Waals surface area contributed by atoms with Crippen molar-refractivity contribution in [3.05, 3.63) is 41.2 Å². The number of aryl methyl sites for hydroxylation is 2. The first-order chi connectivity index (χ1) is 11.6. The number of ketones is 1. The van der Waals surface area contributed by atoms with Crippen LogP contribution in [0.3, 0.4) is 0 Å². The fourth-order valence-corrected chi connectivity index (χ4v) is 2.81. The van der Waals surface area contributed by atoms with Gasteiger partial charge in [0, 0.05) is 18.1 Å². The molecule has 3 rings (SSSR count). The smallest absolute Gasteiger partial charge is 0.266 e. The Morgan fingerprint density at radius 3 is 2.92 bits per heavy atom. The Kier molecular flexibility index (Phi) is 4.64. The number of hydrogen-bond acceptors (Lipinski definition) is 5. The summed E-state index contributed by atoms with van der Waals surface area (Å²) < 4.78 is 10.8. The first-order valence-electron chi connectivity index (χ1n) is 8.13. The van der Waals surface area contributed by atoms with E-state index in [0.717, 1.165) is 24.0 Å². The number of nitrogens with zero attached hydrogens (tertiary/aromatic N) is 1. The lowest BCUT2D eigenvalue weighted by Gasteiger charge is -2.19. The van der Waals surface area contributed by atoms with Crippen LogP contribution in [0.25, 0.3) is 0 Å². The molecule has 1 heterocycles. The molecule has 6 heteroatoms. The first kappa shape index (κ1) is 16.2. The summed E-state index contributed by atoms with van der Waals surface area (Å²) in [6.07, 6.45) is 2.19. The van der Waals surface area contributed by atoms with Crippen LogP contribution in [0, 0.1) is 6.92 Å². The fourth-order valence-electron chi connectivity index (χ4n) is 2.81. The number of anilines is 1. The van der Waals surface area contributed by atoms with Gasteiger partial charge in [-0.1, -0.05) is 12.1 Å². The molecule has 1 aliphatic rings. The zero-order chi connectivity index (χ0) is 17.1. The molecule has 1 aromatic heterocycles. The molecule has 126 valence electrons. The molecule has 6 nitrogen and oxygen atoms in total. The van der Waals surface area contributed by atoms with E-state index in [0.29, 0.717) is 30.2 Å². The summed E-state index contributed by atoms with van der Waals surface area (Å²) in [4.78, 5) is 24.2. The topological polar surface area (TPSA) is 81.4 Å². The standard InChI is InChI=1S/C18H20N2O4/c1-3-16(18(22)19-17-9-11(2)24-20-17)23-13-7-8-14-12(10-13)5-4-6-15(14)21/h7-10,16H,3-6H2,1-2H3,(H,19,20,22)/t16-/m0/s1. The number of nitrogens with one attached hydrogen (secondary N) is 1. The van der Waals surface area contributed by atoms with Crippen LogP contribution in [-0.4, -0.2) is 23.0 Å². The van der Waals surface area contributed by atoms with E-state index in [2.05, 4.69) is 10.5 Å². The first-order valence-corrected chi connectivity index (χ1v) is 8.13. The highest BCUT2D eigenvalue weighted by Crippen LogP contribution is 2.26. The van der Waals surface area contributed by atoms with E-state index >= 15 is 0 Å². The van der Waals surface area contributed by atoms with Crippen LogP contribution in [-0.2, 0) is 11.2 Å². The lowest BCUT2D eigenvalue weighted by atomic mass is 9.90. The van der Waals surface area contributed by atoms with Gasteiger partial charge in [0.25, 0.3) is 5.91 Å². The number of ether oxygens (including phenoxy) is 1. The Bertz CT molecular complexity index is 766. The minimum atomic E-state index is -0.639. The molecular weight excluding hydrogens is 308 g/mol. The van der Waals surface area contributed by atoms with Gasteiger partial charge in [-0.3, -0.25) is 9.59 Å². The summed E-state index contributed by atoms with van der Waals surface area (Å²) in [5.74, 6) is 1.49. The summed E-state index contributed by atoms with van der Waals surface area (Å²) in [7, 11) is 0. The average Bonchev–Trinajstić information content (AvgIpc) is 2.97. The van der Waals surface area contributed by atoms with Crippen molar-refractivity contribution in [3.63, 3.8) is 0 Å². The molecule has 0 aliphatic heterocycles. The second-order valence-electron chi connectivity index (χ2n) is 5.92. The third-order valence-electron chi connectivity index (χ3n) is 4.05. The Morgan fingerprint density at radius 2 is 2.21 bits per heavy atom. The normalized spacial score (nSPS) is 14.8. The maximum atomic E-state index is 12.3. The van der Waals surface area contributed by atoms with Gasteiger partial charge in [-0.05, 0) is 49.9 Å². The number of amides is 1. The van der Waals surface area contributed by atoms with Crippen LogP contribution in [0.2, 0.25) is 0 Å². The number of carbonyl (C=O) groups is 2. The molecule has 2 aromatic rings. The van der Waals surface area contributed by atoms with Crippen molar-refractivity contribution in [2.75, 3.05) is 5.32 Å². The maximum Gasteiger partial charge on any atom is 0.266 e. The minimum absolute atomic E-state index is 0.175. The number of Topliss-reactive ketones (excluding diaryl/α,β-unsaturated/α-hetero) is 1. The zero-order valence-electron chi connectivity index (χ0n) is 13.8. The molecule has 0 spiro atoms. The number of carbonyl (C=O) groups excluding carboxylic acids is 2. The highest BCUT2D eigenvalue weighted by Gasteiger charge is 2.22. The van der Waals surface area contributed by atoms with E-state index in [-0.39, 0.29) is 11.7 Å². The van der Waals surface area contributed by atoms with Gasteiger partial charge in [0.1, 0.15) is 11.5 Å². The van der Waals surface area contributed by atoms with Crippen LogP contribution in [0.15, 0.2) is 28.8 Å². The van der Waals surface area contributed by atoms with Crippen molar-refractivity contribution >= 4 is 17.5 Å². The average molecular weight is 328 g/mol. The molecule has 0 saturated heterocycles. The van der Waals surface area contributed by atoms with E-state index in [1.807, 2.05) is 13.0 Å². The van der Waals surface area contributed by atoms with Crippen LogP contribution in [0.5, 0.6) is 5.75 Å². The van der Waals surface area contributed by atoms with E-state index in [9.17, 15) is 9.59 Å². The van der Waals surface area contributed by atoms with Gasteiger partial charge in [-0.2, -0.15) is 0 Å². The van der Waals surface area contributed by atoms with Crippen molar-refractivity contribution < 1.29 is 18.8 Å². The molecule has 0 bridgehead atoms. The Hall–Kier alpha value is -2.63. The van der Waals surface area contributed by atoms with Gasteiger partial charge in [0.2, 0.25) is 0 Å². The van der Waals surface area contributed by atoms with Gasteiger partial charge in [-0.15, -0.1) is 0 Å². The minimum Gasteiger partial charge on any atom is -0.481 e. The molecule has 0 fully saturated rings. The van der Waals surface area contributed by atoms with Gasteiger partial charge < -0.3 is 14.6 Å². The van der Waals surface area contributed by atoms with Crippen LogP contribution in [0.4, 0.5) is 5.82 Å². The van der Waals surface area contributed by atoms with E-state index in [4.69, 9.17) is 9.26 Å². The summed E-state index contributed by atoms with van der Waals surface area (Å²) in [5.41, 5.74) is 1.76. The number of fused-ring (bicyclic) bond motifs is 1. The molecule has 1 amide bonds. The molecular formula is C18H20N2O4. The maximum absolute atomic E-state index is 12.3. The zero-order valence-corrected chi connectivity index (χ0v) is 13.8. The fraction of sp³-hybridized carbons (Fsp3) is 0.389. The quantitative estimate of drug-likeness (QED) is 0.910. The van der Waals surface area contributed by atoms with Crippen LogP contribution >= 0.6 is 0 Å². The lowest BCUT2D eigenvalue weighted by Crippen LogP contribution is -2.32. The van der Waals surface area contributed by atoms with Crippen molar-refractivity contribution in [1.82, 2.24) is 5.16 Å². The summed E-state index contributed by atoms with van der Waals surface area (Å²) in [5, 5.41) is 6.43. The van der Waals surface area contributed by atoms with Crippen LogP contribution < -0.4 is 10.1 Å². The lowest BCUT2D eigenvalue weighted by molar-refractivity contribution is -0.122. The molecule has 0 unspecified atom stereocenters. The molecule has 1 atom stereocenters. The van der Waals surface area contributed by atoms with E-state index in [1.165, 1.54) is 0 Å². The Morgan fingerprint density at radius 1 is 1.38 bits per heavy atom. The SMILES string of the molecule is CC[C@H](Oc1ccc2c(c1)CCCC2=O)C(=O)Nc1cc(C)on1. The van der Waals surface area contributed by atoms with Gasteiger partial charge in [0.15, 0.2) is 17.7 Å². The van der Waals surface area contributed by atoms with E-state index < -0.39 is 6.10 Å². The number of aromatic nitrogens is 1. The molecule has 0 saturated carbocycles. The van der Waals surface area contributed by atoms with Crippen LogP contribution in [0.1, 0.15) is 47.9 Å². The Balaban J connectivity index is 1.70. The highest BCUT2D eigenvalue weighted by atomic mass is 16.5. The van der Waals surface area contributed by atoms with Gasteiger partial charge in [-0.25, -0.2) is 0 Å². The molecule has 1 aromatic carbocycles. The predicted molar refractivity (Wildman–Crippen MR) is 88.3 cm³/mol. The van der Waals surface area contributed by atoms with Crippen molar-refractivity contribution in [2.24, 2.45) is 0 Å². The second-order valence-corrected chi connectivity index (χ2v) is 5.92. The third kappa shape index (κ3) is 3.48. The monoisotopic (exact) mass is 328 g/mol. The number of benzene rings is 1. The number of hydrogen-bond donors (Lipinski definition) is 1. The summed E-state index contributed by atoms with van der Waals surface area (Å²) in [6.45, 7) is 3.63. The molecule has 24 heavy (non-hydrogen) atoms. The second kappa shape index (κ2) is 6.86. The van der Waals surface area contributed by atoms with Crippen molar-refractivity contribution in [3.8, 4) is 5.75 Å². The number of rotatable bonds is 5. The Labute approximate surface area is 140 Å².